The fraction of sp³-hybridized carbons (Fsp3) is 0.467. The first-order valence-corrected chi connectivity index (χ1v) is 6.74. The Morgan fingerprint density at radius 1 is 1.30 bits per heavy atom. The molecule has 0 bridgehead atoms. The summed E-state index contributed by atoms with van der Waals surface area (Å²) in [4.78, 5) is 24.4. The Bertz CT molecular complexity index is 498. The number of carbonyl (C=O) groups excluding carboxylic acids is 1. The highest BCUT2D eigenvalue weighted by Gasteiger charge is 2.39. The van der Waals surface area contributed by atoms with Crippen LogP contribution in [0.25, 0.3) is 0 Å². The van der Waals surface area contributed by atoms with Crippen LogP contribution in [0.15, 0.2) is 24.3 Å². The van der Waals surface area contributed by atoms with Crippen molar-refractivity contribution < 1.29 is 14.7 Å². The van der Waals surface area contributed by atoms with Crippen molar-refractivity contribution in [3.8, 4) is 0 Å². The van der Waals surface area contributed by atoms with Crippen molar-refractivity contribution in [2.75, 3.05) is 20.1 Å². The largest absolute Gasteiger partial charge is 0.481 e. The van der Waals surface area contributed by atoms with E-state index in [9.17, 15) is 14.7 Å². The van der Waals surface area contributed by atoms with Crippen molar-refractivity contribution in [1.29, 1.82) is 0 Å². The molecule has 1 heterocycles. The molecule has 1 amide bonds. The number of carboxylic acids is 1. The minimum absolute atomic E-state index is 0.0643. The highest BCUT2D eigenvalue weighted by molar-refractivity contribution is 5.78. The second-order valence-corrected chi connectivity index (χ2v) is 5.25. The van der Waals surface area contributed by atoms with E-state index < -0.39 is 11.9 Å². The first-order valence-electron chi connectivity index (χ1n) is 6.74. The van der Waals surface area contributed by atoms with Gasteiger partial charge in [0.05, 0.1) is 5.92 Å². The minimum Gasteiger partial charge on any atom is -0.481 e. The third kappa shape index (κ3) is 2.99. The van der Waals surface area contributed by atoms with Crippen molar-refractivity contribution in [1.82, 2.24) is 10.2 Å². The topological polar surface area (TPSA) is 69.6 Å². The van der Waals surface area contributed by atoms with Gasteiger partial charge in [-0.1, -0.05) is 24.3 Å². The fourth-order valence-electron chi connectivity index (χ4n) is 2.74. The maximum Gasteiger partial charge on any atom is 0.308 e. The Hall–Kier alpha value is -1.88. The fourth-order valence-corrected chi connectivity index (χ4v) is 2.74. The molecule has 0 aliphatic carbocycles. The van der Waals surface area contributed by atoms with Crippen LogP contribution in [-0.4, -0.2) is 42.0 Å². The average Bonchev–Trinajstić information content (AvgIpc) is 2.85. The number of benzene rings is 1. The van der Waals surface area contributed by atoms with Crippen molar-refractivity contribution in [3.63, 3.8) is 0 Å². The molecule has 108 valence electrons. The summed E-state index contributed by atoms with van der Waals surface area (Å²) in [5.74, 6) is -1.54. The summed E-state index contributed by atoms with van der Waals surface area (Å²) in [5, 5.41) is 12.4. The van der Waals surface area contributed by atoms with Crippen molar-refractivity contribution in [2.24, 2.45) is 5.92 Å². The molecule has 2 N–H and O–H groups in total. The van der Waals surface area contributed by atoms with E-state index >= 15 is 0 Å². The van der Waals surface area contributed by atoms with E-state index in [2.05, 4.69) is 5.32 Å². The molecule has 1 saturated heterocycles. The standard InChI is InChI=1S/C15H20N2O3/c1-10(18)17-8-13(14(9-17)15(19)20)12-5-3-11(4-6-12)7-16-2/h3-6,13-14,16H,7-9H2,1-2H3,(H,19,20). The van der Waals surface area contributed by atoms with Crippen LogP contribution in [0.2, 0.25) is 0 Å². The van der Waals surface area contributed by atoms with Gasteiger partial charge >= 0.3 is 5.97 Å². The molecule has 20 heavy (non-hydrogen) atoms. The van der Waals surface area contributed by atoms with Gasteiger partial charge in [0.15, 0.2) is 0 Å². The maximum absolute atomic E-state index is 11.5. The van der Waals surface area contributed by atoms with Crippen LogP contribution >= 0.6 is 0 Å². The number of amides is 1. The van der Waals surface area contributed by atoms with Crippen LogP contribution in [0.5, 0.6) is 0 Å². The monoisotopic (exact) mass is 276 g/mol. The van der Waals surface area contributed by atoms with E-state index in [0.29, 0.717) is 13.1 Å². The molecule has 0 aromatic heterocycles. The van der Waals surface area contributed by atoms with Gasteiger partial charge in [-0.2, -0.15) is 0 Å². The number of hydrogen-bond donors (Lipinski definition) is 2. The molecule has 1 aliphatic rings. The molecule has 0 radical (unpaired) electrons. The van der Waals surface area contributed by atoms with E-state index in [1.165, 1.54) is 6.92 Å². The lowest BCUT2D eigenvalue weighted by molar-refractivity contribution is -0.141. The normalized spacial score (nSPS) is 22.0. The van der Waals surface area contributed by atoms with Crippen LogP contribution in [0, 0.1) is 5.92 Å². The number of nitrogens with zero attached hydrogens (tertiary/aromatic N) is 1. The predicted molar refractivity (Wildman–Crippen MR) is 75.3 cm³/mol. The van der Waals surface area contributed by atoms with Gasteiger partial charge < -0.3 is 15.3 Å². The third-order valence-electron chi connectivity index (χ3n) is 3.87. The molecule has 1 aliphatic heterocycles. The molecule has 0 saturated carbocycles. The molecule has 5 nitrogen and oxygen atoms in total. The SMILES string of the molecule is CNCc1ccc(C2CN(C(C)=O)CC2C(=O)O)cc1. The summed E-state index contributed by atoms with van der Waals surface area (Å²) in [6.07, 6.45) is 0. The zero-order chi connectivity index (χ0) is 14.7. The van der Waals surface area contributed by atoms with Crippen LogP contribution in [-0.2, 0) is 16.1 Å². The van der Waals surface area contributed by atoms with Gasteiger partial charge in [0.2, 0.25) is 5.91 Å². The van der Waals surface area contributed by atoms with E-state index in [4.69, 9.17) is 0 Å². The predicted octanol–water partition coefficient (Wildman–Crippen LogP) is 1.05. The van der Waals surface area contributed by atoms with Crippen LogP contribution in [0.4, 0.5) is 0 Å². The lowest BCUT2D eigenvalue weighted by Crippen LogP contribution is -2.27. The summed E-state index contributed by atoms with van der Waals surface area (Å²) in [7, 11) is 1.88. The maximum atomic E-state index is 11.5. The molecule has 2 rings (SSSR count). The average molecular weight is 276 g/mol. The summed E-state index contributed by atoms with van der Waals surface area (Å²) >= 11 is 0. The number of likely N-dealkylation sites (tertiary alicyclic amines) is 1. The zero-order valence-electron chi connectivity index (χ0n) is 11.8. The Morgan fingerprint density at radius 3 is 2.45 bits per heavy atom. The van der Waals surface area contributed by atoms with Gasteiger partial charge in [0, 0.05) is 32.5 Å². The molecule has 1 aromatic rings. The van der Waals surface area contributed by atoms with Gasteiger partial charge in [0.1, 0.15) is 0 Å². The number of hydrogen-bond acceptors (Lipinski definition) is 3. The second kappa shape index (κ2) is 6.05. The highest BCUT2D eigenvalue weighted by Crippen LogP contribution is 2.33. The molecular formula is C15H20N2O3. The molecular weight excluding hydrogens is 256 g/mol. The van der Waals surface area contributed by atoms with Gasteiger partial charge in [-0.25, -0.2) is 0 Å². The van der Waals surface area contributed by atoms with Gasteiger partial charge in [-0.3, -0.25) is 9.59 Å². The molecule has 1 aromatic carbocycles. The molecule has 5 heteroatoms. The van der Waals surface area contributed by atoms with Crippen LogP contribution < -0.4 is 5.32 Å². The smallest absolute Gasteiger partial charge is 0.308 e. The van der Waals surface area contributed by atoms with E-state index in [-0.39, 0.29) is 11.8 Å². The summed E-state index contributed by atoms with van der Waals surface area (Å²) in [5.41, 5.74) is 2.14. The quantitative estimate of drug-likeness (QED) is 0.862. The number of carbonyl (C=O) groups is 2. The van der Waals surface area contributed by atoms with Crippen molar-refractivity contribution in [3.05, 3.63) is 35.4 Å². The third-order valence-corrected chi connectivity index (χ3v) is 3.87. The first-order chi connectivity index (χ1) is 9.52. The first kappa shape index (κ1) is 14.5. The number of nitrogens with one attached hydrogen (secondary N) is 1. The Morgan fingerprint density at radius 2 is 1.95 bits per heavy atom. The van der Waals surface area contributed by atoms with Gasteiger partial charge in [0.25, 0.3) is 0 Å². The Labute approximate surface area is 118 Å². The summed E-state index contributed by atoms with van der Waals surface area (Å²) < 4.78 is 0. The number of rotatable bonds is 4. The highest BCUT2D eigenvalue weighted by atomic mass is 16.4. The van der Waals surface area contributed by atoms with Gasteiger partial charge in [-0.05, 0) is 18.2 Å². The molecule has 1 fully saturated rings. The Kier molecular flexibility index (Phi) is 4.39. The van der Waals surface area contributed by atoms with E-state index in [1.54, 1.807) is 4.90 Å². The molecule has 2 atom stereocenters. The Balaban J connectivity index is 2.20. The molecule has 2 unspecified atom stereocenters. The van der Waals surface area contributed by atoms with Crippen LogP contribution in [0.1, 0.15) is 24.0 Å². The number of aliphatic carboxylic acids is 1. The number of carboxylic acid groups (broad SMARTS) is 1. The van der Waals surface area contributed by atoms with E-state index in [0.717, 1.165) is 17.7 Å². The summed E-state index contributed by atoms with van der Waals surface area (Å²) in [6, 6.07) is 7.94. The van der Waals surface area contributed by atoms with Crippen molar-refractivity contribution in [2.45, 2.75) is 19.4 Å². The van der Waals surface area contributed by atoms with Crippen molar-refractivity contribution >= 4 is 11.9 Å². The lowest BCUT2D eigenvalue weighted by atomic mass is 9.88. The lowest BCUT2D eigenvalue weighted by Gasteiger charge is -2.15. The summed E-state index contributed by atoms with van der Waals surface area (Å²) in [6.45, 7) is 3.05. The van der Waals surface area contributed by atoms with Gasteiger partial charge in [-0.15, -0.1) is 0 Å². The zero-order valence-corrected chi connectivity index (χ0v) is 11.8. The van der Waals surface area contributed by atoms with Crippen LogP contribution in [0.3, 0.4) is 0 Å². The minimum atomic E-state index is -0.835. The molecule has 0 spiro atoms. The van der Waals surface area contributed by atoms with E-state index in [1.807, 2.05) is 31.3 Å². The second-order valence-electron chi connectivity index (χ2n) is 5.25.